The molecule has 3 saturated heterocycles. The predicted molar refractivity (Wildman–Crippen MR) is 86.7 cm³/mol. The van der Waals surface area contributed by atoms with Crippen LogP contribution in [0.2, 0.25) is 0 Å². The minimum Gasteiger partial charge on any atom is -0.390 e. The smallest absolute Gasteiger partial charge is 0.0795 e. The van der Waals surface area contributed by atoms with Gasteiger partial charge in [-0.05, 0) is 44.3 Å². The van der Waals surface area contributed by atoms with Crippen LogP contribution >= 0.6 is 11.8 Å². The molecule has 3 aliphatic heterocycles. The summed E-state index contributed by atoms with van der Waals surface area (Å²) in [4.78, 5) is 2.71. The third-order valence-electron chi connectivity index (χ3n) is 6.51. The second-order valence-corrected chi connectivity index (χ2v) is 8.88. The fourth-order valence-corrected chi connectivity index (χ4v) is 6.48. The van der Waals surface area contributed by atoms with Crippen molar-refractivity contribution in [1.29, 1.82) is 0 Å². The van der Waals surface area contributed by atoms with Crippen LogP contribution < -0.4 is 0 Å². The van der Waals surface area contributed by atoms with E-state index in [1.165, 1.54) is 50.0 Å². The lowest BCUT2D eigenvalue weighted by atomic mass is 9.70. The Morgan fingerprint density at radius 1 is 1.14 bits per heavy atom. The third kappa shape index (κ3) is 2.77. The lowest BCUT2D eigenvalue weighted by molar-refractivity contribution is -0.130. The fraction of sp³-hybridized carbons (Fsp3) is 1.00. The standard InChI is InChI=1S/C17H29NO2S/c19-17-5-2-1-3-14(17)12-18(8-6-17)15-4-9-20-16(11-15)7-10-21-13-16/h14-15,19H,1-13H2. The molecule has 1 saturated carbocycles. The molecular weight excluding hydrogens is 282 g/mol. The van der Waals surface area contributed by atoms with E-state index in [1.807, 2.05) is 0 Å². The van der Waals surface area contributed by atoms with E-state index in [0.717, 1.165) is 32.5 Å². The third-order valence-corrected chi connectivity index (χ3v) is 7.73. The summed E-state index contributed by atoms with van der Waals surface area (Å²) in [5.41, 5.74) is -0.144. The Kier molecular flexibility index (Phi) is 4.02. The van der Waals surface area contributed by atoms with Gasteiger partial charge in [-0.3, -0.25) is 4.90 Å². The highest BCUT2D eigenvalue weighted by Gasteiger charge is 2.47. The molecule has 4 fully saturated rings. The number of rotatable bonds is 1. The summed E-state index contributed by atoms with van der Waals surface area (Å²) >= 11 is 2.06. The number of ether oxygens (including phenoxy) is 1. The second-order valence-electron chi connectivity index (χ2n) is 7.77. The molecule has 4 heteroatoms. The number of thioether (sulfide) groups is 1. The van der Waals surface area contributed by atoms with Crippen LogP contribution in [0.25, 0.3) is 0 Å². The zero-order valence-corrected chi connectivity index (χ0v) is 13.9. The summed E-state index contributed by atoms with van der Waals surface area (Å²) in [5.74, 6) is 3.00. The van der Waals surface area contributed by atoms with Crippen LogP contribution in [0, 0.1) is 5.92 Å². The second kappa shape index (κ2) is 5.70. The van der Waals surface area contributed by atoms with Crippen molar-refractivity contribution in [3.8, 4) is 0 Å². The van der Waals surface area contributed by atoms with Gasteiger partial charge in [-0.1, -0.05) is 12.8 Å². The molecule has 0 radical (unpaired) electrons. The number of piperidine rings is 1. The van der Waals surface area contributed by atoms with Crippen LogP contribution in [0.5, 0.6) is 0 Å². The summed E-state index contributed by atoms with van der Waals surface area (Å²) in [6, 6.07) is 0.698. The van der Waals surface area contributed by atoms with Crippen molar-refractivity contribution < 1.29 is 9.84 Å². The van der Waals surface area contributed by atoms with Gasteiger partial charge in [0.2, 0.25) is 0 Å². The first-order chi connectivity index (χ1) is 10.2. The highest BCUT2D eigenvalue weighted by molar-refractivity contribution is 7.99. The van der Waals surface area contributed by atoms with Gasteiger partial charge in [0.25, 0.3) is 0 Å². The minimum atomic E-state index is -0.333. The summed E-state index contributed by atoms with van der Waals surface area (Å²) < 4.78 is 6.18. The van der Waals surface area contributed by atoms with Crippen molar-refractivity contribution in [3.05, 3.63) is 0 Å². The van der Waals surface area contributed by atoms with Crippen LogP contribution in [0.4, 0.5) is 0 Å². The number of nitrogens with zero attached hydrogens (tertiary/aromatic N) is 1. The molecular formula is C17H29NO2S. The van der Waals surface area contributed by atoms with Gasteiger partial charge in [0.1, 0.15) is 0 Å². The number of fused-ring (bicyclic) bond motifs is 1. The van der Waals surface area contributed by atoms with E-state index in [2.05, 4.69) is 16.7 Å². The molecule has 0 amide bonds. The number of hydrogen-bond acceptors (Lipinski definition) is 4. The summed E-state index contributed by atoms with van der Waals surface area (Å²) in [6.45, 7) is 3.17. The monoisotopic (exact) mass is 311 g/mol. The molecule has 0 aromatic heterocycles. The Balaban J connectivity index is 1.42. The summed E-state index contributed by atoms with van der Waals surface area (Å²) in [6.07, 6.45) is 9.48. The van der Waals surface area contributed by atoms with Gasteiger partial charge < -0.3 is 9.84 Å². The Morgan fingerprint density at radius 3 is 2.95 bits per heavy atom. The van der Waals surface area contributed by atoms with Gasteiger partial charge in [-0.15, -0.1) is 0 Å². The van der Waals surface area contributed by atoms with E-state index in [-0.39, 0.29) is 11.2 Å². The Hall–Kier alpha value is 0.230. The Labute approximate surface area is 132 Å². The Bertz CT molecular complexity index is 385. The van der Waals surface area contributed by atoms with Crippen LogP contribution in [0.1, 0.15) is 51.4 Å². The zero-order chi connectivity index (χ0) is 14.3. The predicted octanol–water partition coefficient (Wildman–Crippen LogP) is 2.67. The van der Waals surface area contributed by atoms with Gasteiger partial charge in [0, 0.05) is 37.4 Å². The van der Waals surface area contributed by atoms with Crippen LogP contribution in [0.3, 0.4) is 0 Å². The fourth-order valence-electron chi connectivity index (χ4n) is 5.11. The van der Waals surface area contributed by atoms with Crippen molar-refractivity contribution in [2.24, 2.45) is 5.92 Å². The number of likely N-dealkylation sites (tertiary alicyclic amines) is 1. The van der Waals surface area contributed by atoms with E-state index in [1.54, 1.807) is 0 Å². The van der Waals surface area contributed by atoms with E-state index < -0.39 is 0 Å². The maximum Gasteiger partial charge on any atom is 0.0795 e. The van der Waals surface area contributed by atoms with Crippen molar-refractivity contribution in [1.82, 2.24) is 4.90 Å². The molecule has 3 nitrogen and oxygen atoms in total. The quantitative estimate of drug-likeness (QED) is 0.807. The van der Waals surface area contributed by atoms with E-state index in [0.29, 0.717) is 12.0 Å². The molecule has 1 spiro atoms. The largest absolute Gasteiger partial charge is 0.390 e. The maximum absolute atomic E-state index is 10.9. The lowest BCUT2D eigenvalue weighted by Gasteiger charge is -2.51. The zero-order valence-electron chi connectivity index (χ0n) is 13.1. The first-order valence-corrected chi connectivity index (χ1v) is 10.0. The molecule has 3 heterocycles. The van der Waals surface area contributed by atoms with Crippen molar-refractivity contribution in [2.45, 2.75) is 68.6 Å². The molecule has 1 N–H and O–H groups in total. The molecule has 4 atom stereocenters. The first-order valence-electron chi connectivity index (χ1n) is 8.87. The molecule has 0 aromatic carbocycles. The lowest BCUT2D eigenvalue weighted by Crippen LogP contribution is -2.58. The van der Waals surface area contributed by atoms with E-state index in [4.69, 9.17) is 4.74 Å². The molecule has 1 aliphatic carbocycles. The maximum atomic E-state index is 10.9. The molecule has 120 valence electrons. The van der Waals surface area contributed by atoms with Gasteiger partial charge >= 0.3 is 0 Å². The normalized spacial score (nSPS) is 48.4. The van der Waals surface area contributed by atoms with E-state index in [9.17, 15) is 5.11 Å². The van der Waals surface area contributed by atoms with Crippen molar-refractivity contribution in [2.75, 3.05) is 31.2 Å². The molecule has 4 aliphatic rings. The molecule has 0 bridgehead atoms. The highest BCUT2D eigenvalue weighted by atomic mass is 32.2. The number of aliphatic hydroxyl groups is 1. The van der Waals surface area contributed by atoms with Gasteiger partial charge in [-0.25, -0.2) is 0 Å². The topological polar surface area (TPSA) is 32.7 Å². The summed E-state index contributed by atoms with van der Waals surface area (Å²) in [7, 11) is 0. The van der Waals surface area contributed by atoms with Gasteiger partial charge in [-0.2, -0.15) is 11.8 Å². The summed E-state index contributed by atoms with van der Waals surface area (Å²) in [5, 5.41) is 10.9. The molecule has 4 unspecified atom stereocenters. The molecule has 0 aromatic rings. The van der Waals surface area contributed by atoms with Crippen molar-refractivity contribution >= 4 is 11.8 Å². The van der Waals surface area contributed by atoms with Gasteiger partial charge in [0.15, 0.2) is 0 Å². The van der Waals surface area contributed by atoms with Crippen molar-refractivity contribution in [3.63, 3.8) is 0 Å². The van der Waals surface area contributed by atoms with E-state index >= 15 is 0 Å². The highest BCUT2D eigenvalue weighted by Crippen LogP contribution is 2.43. The minimum absolute atomic E-state index is 0.188. The Morgan fingerprint density at radius 2 is 2.10 bits per heavy atom. The molecule has 4 rings (SSSR count). The van der Waals surface area contributed by atoms with Gasteiger partial charge in [0.05, 0.1) is 11.2 Å². The van der Waals surface area contributed by atoms with Crippen LogP contribution in [-0.4, -0.2) is 58.5 Å². The molecule has 21 heavy (non-hydrogen) atoms. The average Bonchev–Trinajstić information content (AvgIpc) is 2.94. The average molecular weight is 311 g/mol. The van der Waals surface area contributed by atoms with Crippen LogP contribution in [-0.2, 0) is 4.74 Å². The number of hydrogen-bond donors (Lipinski definition) is 1. The first kappa shape index (κ1) is 14.8. The van der Waals surface area contributed by atoms with Crippen LogP contribution in [0.15, 0.2) is 0 Å². The SMILES string of the molecule is OC12CCCCC1CN(C1CCOC3(CCSC3)C1)CC2.